The van der Waals surface area contributed by atoms with Crippen LogP contribution < -0.4 is 14.3 Å². The van der Waals surface area contributed by atoms with E-state index in [2.05, 4.69) is 9.44 Å². The van der Waals surface area contributed by atoms with E-state index >= 15 is 0 Å². The summed E-state index contributed by atoms with van der Waals surface area (Å²) in [4.78, 5) is 15.1. The zero-order chi connectivity index (χ0) is 27.4. The summed E-state index contributed by atoms with van der Waals surface area (Å²) < 4.78 is 82.4. The van der Waals surface area contributed by atoms with Gasteiger partial charge in [-0.2, -0.15) is 0 Å². The number of nitrogens with zero attached hydrogens (tertiary/aromatic N) is 1. The number of amides is 1. The monoisotopic (exact) mass is 555 g/mol. The molecule has 2 aromatic rings. The van der Waals surface area contributed by atoms with E-state index in [1.54, 1.807) is 32.9 Å². The van der Waals surface area contributed by atoms with Crippen molar-refractivity contribution >= 4 is 37.3 Å². The SMILES string of the molecule is CC(C)(C)NS(=O)(=O)c1cccc(C(=O)N2CC3(CCC(F)(F)CC3)c3cc(NS(C)(=O)=O)ccc32)c1. The predicted octanol–water partition coefficient (Wildman–Crippen LogP) is 4.24. The lowest BCUT2D eigenvalue weighted by atomic mass is 9.69. The largest absolute Gasteiger partial charge is 0.307 e. The van der Waals surface area contributed by atoms with Crippen molar-refractivity contribution in [2.24, 2.45) is 0 Å². The standard InChI is InChI=1S/C25H31F2N3O5S2/c1-23(2,3)29-37(34,35)19-7-5-6-17(14-19)22(31)30-16-24(10-12-25(26,27)13-11-24)20-15-18(8-9-21(20)30)28-36(4,32)33/h5-9,14-15,28-29H,10-13,16H2,1-4H3. The molecule has 0 aromatic heterocycles. The summed E-state index contributed by atoms with van der Waals surface area (Å²) in [5, 5.41) is 0. The molecule has 2 aromatic carbocycles. The molecule has 4 rings (SSSR count). The lowest BCUT2D eigenvalue weighted by molar-refractivity contribution is -0.0499. The number of fused-ring (bicyclic) bond motifs is 2. The molecule has 8 nitrogen and oxygen atoms in total. The maximum Gasteiger partial charge on any atom is 0.258 e. The van der Waals surface area contributed by atoms with Gasteiger partial charge in [-0.05, 0) is 75.6 Å². The summed E-state index contributed by atoms with van der Waals surface area (Å²) in [7, 11) is -7.46. The van der Waals surface area contributed by atoms with Crippen molar-refractivity contribution in [3.63, 3.8) is 0 Å². The Labute approximate surface area is 216 Å². The fourth-order valence-electron chi connectivity index (χ4n) is 5.06. The van der Waals surface area contributed by atoms with Crippen molar-refractivity contribution in [3.05, 3.63) is 53.6 Å². The van der Waals surface area contributed by atoms with E-state index in [4.69, 9.17) is 0 Å². The third-order valence-electron chi connectivity index (χ3n) is 6.64. The van der Waals surface area contributed by atoms with Gasteiger partial charge in [0, 0.05) is 47.3 Å². The number of carbonyl (C=O) groups excluding carboxylic acids is 1. The van der Waals surface area contributed by atoms with Crippen LogP contribution in [0.1, 0.15) is 62.4 Å². The Balaban J connectivity index is 1.73. The number of benzene rings is 2. The minimum atomic E-state index is -3.89. The number of rotatable bonds is 5. The Bertz CT molecular complexity index is 1440. The summed E-state index contributed by atoms with van der Waals surface area (Å²) >= 11 is 0. The molecule has 1 saturated carbocycles. The molecule has 1 heterocycles. The summed E-state index contributed by atoms with van der Waals surface area (Å²) in [6.07, 6.45) is 0.587. The van der Waals surface area contributed by atoms with Gasteiger partial charge in [-0.1, -0.05) is 6.07 Å². The summed E-state index contributed by atoms with van der Waals surface area (Å²) in [5.41, 5.74) is 0.0607. The fraction of sp³-hybridized carbons (Fsp3) is 0.480. The highest BCUT2D eigenvalue weighted by Gasteiger charge is 2.50. The number of halogens is 2. The number of anilines is 2. The average Bonchev–Trinajstić information content (AvgIpc) is 3.07. The van der Waals surface area contributed by atoms with Gasteiger partial charge in [0.1, 0.15) is 0 Å². The highest BCUT2D eigenvalue weighted by atomic mass is 32.2. The normalized spacial score (nSPS) is 19.0. The first-order valence-corrected chi connectivity index (χ1v) is 15.2. The summed E-state index contributed by atoms with van der Waals surface area (Å²) in [6.45, 7) is 5.26. The number of alkyl halides is 2. The van der Waals surface area contributed by atoms with Gasteiger partial charge in [0.25, 0.3) is 5.91 Å². The van der Waals surface area contributed by atoms with E-state index in [-0.39, 0.29) is 48.4 Å². The summed E-state index contributed by atoms with van der Waals surface area (Å²) in [6, 6.07) is 10.4. The first-order valence-electron chi connectivity index (χ1n) is 11.9. The molecular weight excluding hydrogens is 524 g/mol. The number of hydrogen-bond donors (Lipinski definition) is 2. The van der Waals surface area contributed by atoms with Crippen molar-refractivity contribution < 1.29 is 30.4 Å². The number of carbonyl (C=O) groups is 1. The second-order valence-corrected chi connectivity index (χ2v) is 14.4. The fourth-order valence-corrected chi connectivity index (χ4v) is 7.08. The topological polar surface area (TPSA) is 113 Å². The van der Waals surface area contributed by atoms with E-state index < -0.39 is 42.8 Å². The highest BCUT2D eigenvalue weighted by molar-refractivity contribution is 7.92. The van der Waals surface area contributed by atoms with E-state index in [1.807, 2.05) is 0 Å². The van der Waals surface area contributed by atoms with Crippen LogP contribution in [0.4, 0.5) is 20.2 Å². The van der Waals surface area contributed by atoms with Crippen molar-refractivity contribution in [3.8, 4) is 0 Å². The average molecular weight is 556 g/mol. The molecule has 0 saturated heterocycles. The van der Waals surface area contributed by atoms with Crippen molar-refractivity contribution in [2.75, 3.05) is 22.4 Å². The quantitative estimate of drug-likeness (QED) is 0.573. The van der Waals surface area contributed by atoms with Gasteiger partial charge >= 0.3 is 0 Å². The van der Waals surface area contributed by atoms with Crippen LogP contribution in [0.3, 0.4) is 0 Å². The smallest absolute Gasteiger partial charge is 0.258 e. The van der Waals surface area contributed by atoms with E-state index in [0.717, 1.165) is 6.26 Å². The van der Waals surface area contributed by atoms with Crippen LogP contribution in [0.5, 0.6) is 0 Å². The van der Waals surface area contributed by atoms with E-state index in [1.165, 1.54) is 35.2 Å². The zero-order valence-corrected chi connectivity index (χ0v) is 22.8. The molecule has 0 unspecified atom stereocenters. The Kier molecular flexibility index (Phi) is 6.70. The lowest BCUT2D eigenvalue weighted by Gasteiger charge is -2.37. The Morgan fingerprint density at radius 3 is 2.22 bits per heavy atom. The second kappa shape index (κ2) is 9.02. The molecule has 202 valence electrons. The lowest BCUT2D eigenvalue weighted by Crippen LogP contribution is -2.42. The van der Waals surface area contributed by atoms with Crippen LogP contribution >= 0.6 is 0 Å². The number of hydrogen-bond acceptors (Lipinski definition) is 5. The van der Waals surface area contributed by atoms with Crippen LogP contribution in [0.15, 0.2) is 47.4 Å². The molecule has 1 spiro atoms. The third kappa shape index (κ3) is 5.96. The molecule has 0 bridgehead atoms. The van der Waals surface area contributed by atoms with Gasteiger partial charge in [0.15, 0.2) is 0 Å². The Morgan fingerprint density at radius 2 is 1.62 bits per heavy atom. The Hall–Kier alpha value is -2.57. The highest BCUT2D eigenvalue weighted by Crippen LogP contribution is 2.53. The van der Waals surface area contributed by atoms with Crippen LogP contribution in [0.25, 0.3) is 0 Å². The third-order valence-corrected chi connectivity index (χ3v) is 9.00. The summed E-state index contributed by atoms with van der Waals surface area (Å²) in [5.74, 6) is -3.26. The molecular formula is C25H31F2N3O5S2. The molecule has 0 radical (unpaired) electrons. The molecule has 1 fully saturated rings. The molecule has 2 aliphatic rings. The van der Waals surface area contributed by atoms with Gasteiger partial charge in [-0.25, -0.2) is 30.3 Å². The number of sulfonamides is 2. The van der Waals surface area contributed by atoms with Crippen molar-refractivity contribution in [1.29, 1.82) is 0 Å². The first kappa shape index (κ1) is 27.5. The molecule has 1 aliphatic carbocycles. The molecule has 1 amide bonds. The van der Waals surface area contributed by atoms with Gasteiger partial charge in [0.05, 0.1) is 11.2 Å². The van der Waals surface area contributed by atoms with Gasteiger partial charge in [0.2, 0.25) is 26.0 Å². The first-order chi connectivity index (χ1) is 16.9. The van der Waals surface area contributed by atoms with Gasteiger partial charge < -0.3 is 4.90 Å². The van der Waals surface area contributed by atoms with Crippen LogP contribution in [0.2, 0.25) is 0 Å². The Morgan fingerprint density at radius 1 is 0.973 bits per heavy atom. The van der Waals surface area contributed by atoms with Crippen LogP contribution in [-0.2, 0) is 25.5 Å². The maximum absolute atomic E-state index is 14.1. The zero-order valence-electron chi connectivity index (χ0n) is 21.1. The van der Waals surface area contributed by atoms with E-state index in [9.17, 15) is 30.4 Å². The predicted molar refractivity (Wildman–Crippen MR) is 138 cm³/mol. The van der Waals surface area contributed by atoms with Crippen LogP contribution in [0, 0.1) is 0 Å². The molecule has 1 aliphatic heterocycles. The van der Waals surface area contributed by atoms with E-state index in [0.29, 0.717) is 11.3 Å². The van der Waals surface area contributed by atoms with Gasteiger partial charge in [-0.3, -0.25) is 9.52 Å². The van der Waals surface area contributed by atoms with Crippen molar-refractivity contribution in [1.82, 2.24) is 4.72 Å². The minimum absolute atomic E-state index is 0.0626. The second-order valence-electron chi connectivity index (χ2n) is 11.0. The molecule has 12 heteroatoms. The molecule has 2 N–H and O–H groups in total. The maximum atomic E-state index is 14.1. The van der Waals surface area contributed by atoms with Crippen molar-refractivity contribution in [2.45, 2.75) is 68.2 Å². The molecule has 37 heavy (non-hydrogen) atoms. The van der Waals surface area contributed by atoms with Gasteiger partial charge in [-0.15, -0.1) is 0 Å². The number of nitrogens with one attached hydrogen (secondary N) is 2. The van der Waals surface area contributed by atoms with Crippen LogP contribution in [-0.4, -0.2) is 47.0 Å². The minimum Gasteiger partial charge on any atom is -0.307 e. The molecule has 0 atom stereocenters.